The van der Waals surface area contributed by atoms with Gasteiger partial charge in [0.15, 0.2) is 0 Å². The van der Waals surface area contributed by atoms with Crippen LogP contribution in [0.1, 0.15) is 18.1 Å². The predicted molar refractivity (Wildman–Crippen MR) is 89.4 cm³/mol. The van der Waals surface area contributed by atoms with E-state index in [-0.39, 0.29) is 5.91 Å². The minimum Gasteiger partial charge on any atom is -0.272 e. The summed E-state index contributed by atoms with van der Waals surface area (Å²) >= 11 is 1.58. The van der Waals surface area contributed by atoms with E-state index in [1.54, 1.807) is 11.8 Å². The molecule has 0 spiro atoms. The molecule has 0 aliphatic carbocycles. The number of rotatable bonds is 6. The number of hydrogen-bond acceptors (Lipinski definition) is 3. The summed E-state index contributed by atoms with van der Waals surface area (Å²) in [6.07, 6.45) is 0. The third-order valence-corrected chi connectivity index (χ3v) is 3.89. The highest BCUT2D eigenvalue weighted by Crippen LogP contribution is 2.11. The molecule has 21 heavy (non-hydrogen) atoms. The summed E-state index contributed by atoms with van der Waals surface area (Å²) in [5, 5.41) is 4.12. The van der Waals surface area contributed by atoms with Crippen molar-refractivity contribution in [2.45, 2.75) is 12.7 Å². The molecule has 1 amide bonds. The number of carbonyl (C=O) groups is 1. The quantitative estimate of drug-likeness (QED) is 0.655. The molecule has 0 bridgehead atoms. The summed E-state index contributed by atoms with van der Waals surface area (Å²) in [6, 6.07) is 19.9. The number of carbonyl (C=O) groups excluding carboxylic acids is 1. The maximum Gasteiger partial charge on any atom is 0.250 e. The number of nitrogens with zero attached hydrogens (tertiary/aromatic N) is 1. The fourth-order valence-corrected chi connectivity index (χ4v) is 2.54. The molecule has 2 aromatic rings. The Bertz CT molecular complexity index is 597. The van der Waals surface area contributed by atoms with Crippen LogP contribution >= 0.6 is 11.8 Å². The van der Waals surface area contributed by atoms with Gasteiger partial charge in [0.2, 0.25) is 5.91 Å². The molecule has 0 aliphatic rings. The van der Waals surface area contributed by atoms with Crippen LogP contribution in [-0.4, -0.2) is 17.4 Å². The highest BCUT2D eigenvalue weighted by molar-refractivity contribution is 7.99. The number of thioether (sulfide) groups is 1. The number of nitrogens with one attached hydrogen (secondary N) is 1. The lowest BCUT2D eigenvalue weighted by Crippen LogP contribution is -2.21. The maximum atomic E-state index is 11.7. The Balaban J connectivity index is 1.75. The van der Waals surface area contributed by atoms with Gasteiger partial charge in [0.1, 0.15) is 0 Å². The molecule has 2 rings (SSSR count). The Kier molecular flexibility index (Phi) is 6.03. The van der Waals surface area contributed by atoms with Gasteiger partial charge in [0.25, 0.3) is 0 Å². The first-order chi connectivity index (χ1) is 10.3. The molecule has 0 fully saturated rings. The number of hydrogen-bond donors (Lipinski definition) is 1. The smallest absolute Gasteiger partial charge is 0.250 e. The lowest BCUT2D eigenvalue weighted by molar-refractivity contribution is -0.118. The molecule has 3 nitrogen and oxygen atoms in total. The van der Waals surface area contributed by atoms with E-state index in [0.29, 0.717) is 5.75 Å². The average Bonchev–Trinajstić information content (AvgIpc) is 2.54. The second kappa shape index (κ2) is 8.27. The molecule has 0 atom stereocenters. The lowest BCUT2D eigenvalue weighted by atomic mass is 10.1. The van der Waals surface area contributed by atoms with E-state index < -0.39 is 0 Å². The molecule has 1 N–H and O–H groups in total. The highest BCUT2D eigenvalue weighted by atomic mass is 32.2. The Morgan fingerprint density at radius 3 is 2.33 bits per heavy atom. The molecule has 0 radical (unpaired) electrons. The number of amides is 1. The van der Waals surface area contributed by atoms with E-state index in [1.807, 2.05) is 55.5 Å². The van der Waals surface area contributed by atoms with Crippen molar-refractivity contribution in [1.29, 1.82) is 0 Å². The summed E-state index contributed by atoms with van der Waals surface area (Å²) in [7, 11) is 0. The summed E-state index contributed by atoms with van der Waals surface area (Å²) in [5.74, 6) is 1.15. The molecule has 0 saturated carbocycles. The van der Waals surface area contributed by atoms with E-state index in [9.17, 15) is 4.79 Å². The molecular formula is C17H18N2OS. The second-order valence-electron chi connectivity index (χ2n) is 4.58. The van der Waals surface area contributed by atoms with Crippen molar-refractivity contribution in [1.82, 2.24) is 5.43 Å². The molecule has 4 heteroatoms. The van der Waals surface area contributed by atoms with Crippen LogP contribution in [0.25, 0.3) is 0 Å². The van der Waals surface area contributed by atoms with Gasteiger partial charge in [-0.05, 0) is 18.1 Å². The first kappa shape index (κ1) is 15.3. The minimum absolute atomic E-state index is 0.0776. The fraction of sp³-hybridized carbons (Fsp3) is 0.176. The Labute approximate surface area is 129 Å². The second-order valence-corrected chi connectivity index (χ2v) is 5.56. The zero-order chi connectivity index (χ0) is 14.9. The maximum absolute atomic E-state index is 11.7. The van der Waals surface area contributed by atoms with Gasteiger partial charge in [-0.3, -0.25) is 4.79 Å². The van der Waals surface area contributed by atoms with Gasteiger partial charge in [0, 0.05) is 5.75 Å². The topological polar surface area (TPSA) is 41.5 Å². The van der Waals surface area contributed by atoms with Crippen LogP contribution in [-0.2, 0) is 10.5 Å². The first-order valence-corrected chi connectivity index (χ1v) is 7.91. The summed E-state index contributed by atoms with van der Waals surface area (Å²) in [5.41, 5.74) is 5.63. The lowest BCUT2D eigenvalue weighted by Gasteiger charge is -2.03. The van der Waals surface area contributed by atoms with Crippen molar-refractivity contribution < 1.29 is 4.79 Å². The van der Waals surface area contributed by atoms with E-state index in [1.165, 1.54) is 5.56 Å². The van der Waals surface area contributed by atoms with Crippen LogP contribution in [0.2, 0.25) is 0 Å². The van der Waals surface area contributed by atoms with Crippen molar-refractivity contribution in [3.63, 3.8) is 0 Å². The Morgan fingerprint density at radius 2 is 1.67 bits per heavy atom. The van der Waals surface area contributed by atoms with Crippen LogP contribution < -0.4 is 5.43 Å². The molecule has 2 aromatic carbocycles. The van der Waals surface area contributed by atoms with Crippen molar-refractivity contribution >= 4 is 23.4 Å². The van der Waals surface area contributed by atoms with Crippen molar-refractivity contribution in [3.8, 4) is 0 Å². The average molecular weight is 298 g/mol. The summed E-state index contributed by atoms with van der Waals surface area (Å²) < 4.78 is 0. The fourth-order valence-electron chi connectivity index (χ4n) is 1.76. The summed E-state index contributed by atoms with van der Waals surface area (Å²) in [6.45, 7) is 1.88. The van der Waals surface area contributed by atoms with Crippen LogP contribution in [0.3, 0.4) is 0 Å². The van der Waals surface area contributed by atoms with Gasteiger partial charge in [-0.2, -0.15) is 5.10 Å². The molecule has 0 saturated heterocycles. The molecule has 0 aliphatic heterocycles. The zero-order valence-electron chi connectivity index (χ0n) is 12.0. The zero-order valence-corrected chi connectivity index (χ0v) is 12.8. The monoisotopic (exact) mass is 298 g/mol. The van der Waals surface area contributed by atoms with Gasteiger partial charge < -0.3 is 0 Å². The molecule has 0 heterocycles. The molecule has 0 unspecified atom stereocenters. The van der Waals surface area contributed by atoms with E-state index in [2.05, 4.69) is 22.7 Å². The van der Waals surface area contributed by atoms with Crippen LogP contribution in [0, 0.1) is 0 Å². The van der Waals surface area contributed by atoms with Crippen molar-refractivity contribution in [3.05, 3.63) is 71.8 Å². The predicted octanol–water partition coefficient (Wildman–Crippen LogP) is 3.46. The van der Waals surface area contributed by atoms with Gasteiger partial charge in [0.05, 0.1) is 11.5 Å². The van der Waals surface area contributed by atoms with Gasteiger partial charge >= 0.3 is 0 Å². The van der Waals surface area contributed by atoms with Crippen molar-refractivity contribution in [2.75, 3.05) is 5.75 Å². The van der Waals surface area contributed by atoms with Gasteiger partial charge in [-0.15, -0.1) is 11.8 Å². The third kappa shape index (κ3) is 5.44. The molecule has 0 aromatic heterocycles. The largest absolute Gasteiger partial charge is 0.272 e. The van der Waals surface area contributed by atoms with Crippen LogP contribution in [0.15, 0.2) is 65.8 Å². The van der Waals surface area contributed by atoms with Crippen LogP contribution in [0.5, 0.6) is 0 Å². The SMILES string of the molecule is C/C(=N/NC(=O)CSCc1ccccc1)c1ccccc1. The van der Waals surface area contributed by atoms with Gasteiger partial charge in [-0.1, -0.05) is 60.7 Å². The van der Waals surface area contributed by atoms with E-state index in [0.717, 1.165) is 17.0 Å². The van der Waals surface area contributed by atoms with Crippen LogP contribution in [0.4, 0.5) is 0 Å². The third-order valence-electron chi connectivity index (χ3n) is 2.88. The first-order valence-electron chi connectivity index (χ1n) is 6.76. The minimum atomic E-state index is -0.0776. The number of hydrazone groups is 1. The number of benzene rings is 2. The molecular weight excluding hydrogens is 280 g/mol. The van der Waals surface area contributed by atoms with E-state index >= 15 is 0 Å². The Morgan fingerprint density at radius 1 is 1.05 bits per heavy atom. The summed E-state index contributed by atoms with van der Waals surface area (Å²) in [4.78, 5) is 11.7. The standard InChI is InChI=1S/C17H18N2OS/c1-14(16-10-6-3-7-11-16)18-19-17(20)13-21-12-15-8-4-2-5-9-15/h2-11H,12-13H2,1H3,(H,19,20)/b18-14-. The highest BCUT2D eigenvalue weighted by Gasteiger charge is 2.02. The van der Waals surface area contributed by atoms with E-state index in [4.69, 9.17) is 0 Å². The van der Waals surface area contributed by atoms with Crippen molar-refractivity contribution in [2.24, 2.45) is 5.10 Å². The molecule has 108 valence electrons. The normalized spacial score (nSPS) is 11.2. The Hall–Kier alpha value is -2.07. The van der Waals surface area contributed by atoms with Gasteiger partial charge in [-0.25, -0.2) is 5.43 Å².